The van der Waals surface area contributed by atoms with Crippen molar-refractivity contribution in [1.29, 1.82) is 0 Å². The number of primary amides is 1. The van der Waals surface area contributed by atoms with Crippen LogP contribution in [0.3, 0.4) is 0 Å². The Morgan fingerprint density at radius 3 is 2.65 bits per heavy atom. The standard InChI is InChI=1S/C16H14BrN5O3S/c1-26(24,25)21-12-7-10(6-11(17)8-12)15-13(16(18)23)9-22(20-15)14-4-2-3-5-19-14/h2-9,21H,1H3,(H2,18,23). The number of halogens is 1. The van der Waals surface area contributed by atoms with Gasteiger partial charge in [0.15, 0.2) is 5.82 Å². The van der Waals surface area contributed by atoms with Gasteiger partial charge in [0.2, 0.25) is 10.0 Å². The van der Waals surface area contributed by atoms with E-state index >= 15 is 0 Å². The van der Waals surface area contributed by atoms with Crippen LogP contribution in [-0.2, 0) is 10.0 Å². The summed E-state index contributed by atoms with van der Waals surface area (Å²) in [4.78, 5) is 16.1. The van der Waals surface area contributed by atoms with E-state index in [9.17, 15) is 13.2 Å². The Morgan fingerprint density at radius 2 is 2.04 bits per heavy atom. The van der Waals surface area contributed by atoms with E-state index in [1.54, 1.807) is 42.6 Å². The molecule has 1 aromatic carbocycles. The molecule has 2 aromatic heterocycles. The van der Waals surface area contributed by atoms with Gasteiger partial charge < -0.3 is 5.73 Å². The van der Waals surface area contributed by atoms with Crippen LogP contribution >= 0.6 is 15.9 Å². The Labute approximate surface area is 158 Å². The molecule has 0 aliphatic carbocycles. The SMILES string of the molecule is CS(=O)(=O)Nc1cc(Br)cc(-c2nn(-c3ccccn3)cc2C(N)=O)c1. The molecule has 0 fully saturated rings. The smallest absolute Gasteiger partial charge is 0.252 e. The van der Waals surface area contributed by atoms with Crippen molar-refractivity contribution < 1.29 is 13.2 Å². The number of amides is 1. The minimum atomic E-state index is -3.46. The minimum absolute atomic E-state index is 0.194. The van der Waals surface area contributed by atoms with Gasteiger partial charge in [0.05, 0.1) is 17.5 Å². The van der Waals surface area contributed by atoms with E-state index in [4.69, 9.17) is 5.73 Å². The number of anilines is 1. The first-order valence-electron chi connectivity index (χ1n) is 7.32. The van der Waals surface area contributed by atoms with Gasteiger partial charge in [0.1, 0.15) is 5.69 Å². The number of carbonyl (C=O) groups is 1. The molecule has 2 heterocycles. The maximum Gasteiger partial charge on any atom is 0.252 e. The second kappa shape index (κ2) is 6.89. The van der Waals surface area contributed by atoms with Crippen molar-refractivity contribution in [2.75, 3.05) is 11.0 Å². The Kier molecular flexibility index (Phi) is 4.79. The topological polar surface area (TPSA) is 120 Å². The number of hydrogen-bond donors (Lipinski definition) is 2. The lowest BCUT2D eigenvalue weighted by Crippen LogP contribution is -2.11. The largest absolute Gasteiger partial charge is 0.365 e. The van der Waals surface area contributed by atoms with E-state index in [1.165, 1.54) is 10.9 Å². The number of pyridine rings is 1. The third kappa shape index (κ3) is 4.09. The van der Waals surface area contributed by atoms with Gasteiger partial charge >= 0.3 is 0 Å². The zero-order valence-electron chi connectivity index (χ0n) is 13.5. The van der Waals surface area contributed by atoms with Crippen LogP contribution in [0.2, 0.25) is 0 Å². The van der Waals surface area contributed by atoms with E-state index in [1.807, 2.05) is 0 Å². The summed E-state index contributed by atoms with van der Waals surface area (Å²) in [5, 5.41) is 4.41. The number of nitrogens with two attached hydrogens (primary N) is 1. The summed E-state index contributed by atoms with van der Waals surface area (Å²) in [6.07, 6.45) is 4.15. The number of nitrogens with one attached hydrogen (secondary N) is 1. The van der Waals surface area contributed by atoms with Gasteiger partial charge in [-0.25, -0.2) is 18.1 Å². The molecule has 8 nitrogen and oxygen atoms in total. The van der Waals surface area contributed by atoms with E-state index in [0.717, 1.165) is 6.26 Å². The molecule has 0 aliphatic rings. The summed E-state index contributed by atoms with van der Waals surface area (Å²) in [6, 6.07) is 10.2. The molecule has 0 saturated carbocycles. The van der Waals surface area contributed by atoms with Gasteiger partial charge in [-0.05, 0) is 30.3 Å². The van der Waals surface area contributed by atoms with Crippen molar-refractivity contribution >= 4 is 37.5 Å². The summed E-state index contributed by atoms with van der Waals surface area (Å²) in [6.45, 7) is 0. The number of hydrogen-bond acceptors (Lipinski definition) is 5. The molecule has 134 valence electrons. The maximum absolute atomic E-state index is 11.9. The van der Waals surface area contributed by atoms with Crippen LogP contribution in [0.25, 0.3) is 17.1 Å². The Morgan fingerprint density at radius 1 is 1.27 bits per heavy atom. The predicted molar refractivity (Wildman–Crippen MR) is 101 cm³/mol. The summed E-state index contributed by atoms with van der Waals surface area (Å²) in [5.74, 6) is -0.134. The van der Waals surface area contributed by atoms with Crippen LogP contribution in [0.1, 0.15) is 10.4 Å². The van der Waals surface area contributed by atoms with E-state index in [2.05, 4.69) is 30.7 Å². The number of nitrogens with zero attached hydrogens (tertiary/aromatic N) is 3. The summed E-state index contributed by atoms with van der Waals surface area (Å²) in [7, 11) is -3.46. The maximum atomic E-state index is 11.9. The lowest BCUT2D eigenvalue weighted by atomic mass is 10.1. The third-order valence-corrected chi connectivity index (χ3v) is 4.40. The molecule has 0 aliphatic heterocycles. The highest BCUT2D eigenvalue weighted by molar-refractivity contribution is 9.10. The molecule has 10 heteroatoms. The fourth-order valence-corrected chi connectivity index (χ4v) is 3.41. The van der Waals surface area contributed by atoms with Gasteiger partial charge in [0, 0.05) is 22.4 Å². The first kappa shape index (κ1) is 18.1. The molecular weight excluding hydrogens is 422 g/mol. The van der Waals surface area contributed by atoms with Crippen LogP contribution < -0.4 is 10.5 Å². The van der Waals surface area contributed by atoms with Crippen LogP contribution in [0, 0.1) is 0 Å². The summed E-state index contributed by atoms with van der Waals surface area (Å²) < 4.78 is 27.4. The van der Waals surface area contributed by atoms with Gasteiger partial charge in [-0.1, -0.05) is 22.0 Å². The first-order chi connectivity index (χ1) is 12.2. The zero-order valence-corrected chi connectivity index (χ0v) is 16.0. The van der Waals surface area contributed by atoms with Crippen molar-refractivity contribution in [3.8, 4) is 17.1 Å². The summed E-state index contributed by atoms with van der Waals surface area (Å²) in [5.41, 5.74) is 6.85. The Hall–Kier alpha value is -2.72. The zero-order chi connectivity index (χ0) is 18.9. The average Bonchev–Trinajstić information content (AvgIpc) is 2.99. The fraction of sp³-hybridized carbons (Fsp3) is 0.0625. The Bertz CT molecular complexity index is 1080. The van der Waals surface area contributed by atoms with Crippen molar-refractivity contribution in [2.24, 2.45) is 5.73 Å². The molecular formula is C16H14BrN5O3S. The van der Waals surface area contributed by atoms with E-state index in [0.29, 0.717) is 27.2 Å². The van der Waals surface area contributed by atoms with Crippen molar-refractivity contribution in [3.05, 3.63) is 58.8 Å². The van der Waals surface area contributed by atoms with Gasteiger partial charge in [-0.2, -0.15) is 5.10 Å². The molecule has 3 N–H and O–H groups in total. The molecule has 1 amide bonds. The highest BCUT2D eigenvalue weighted by atomic mass is 79.9. The summed E-state index contributed by atoms with van der Waals surface area (Å²) >= 11 is 3.33. The normalized spacial score (nSPS) is 11.3. The highest BCUT2D eigenvalue weighted by Gasteiger charge is 2.18. The number of aromatic nitrogens is 3. The van der Waals surface area contributed by atoms with Crippen LogP contribution in [0.4, 0.5) is 5.69 Å². The lowest BCUT2D eigenvalue weighted by molar-refractivity contribution is 0.100. The van der Waals surface area contributed by atoms with Crippen LogP contribution in [0.5, 0.6) is 0 Å². The number of sulfonamides is 1. The number of carbonyl (C=O) groups excluding carboxylic acids is 1. The second-order valence-electron chi connectivity index (χ2n) is 5.49. The van der Waals surface area contributed by atoms with Gasteiger partial charge in [0.25, 0.3) is 5.91 Å². The highest BCUT2D eigenvalue weighted by Crippen LogP contribution is 2.29. The lowest BCUT2D eigenvalue weighted by Gasteiger charge is -2.07. The molecule has 3 rings (SSSR count). The molecule has 0 spiro atoms. The fourth-order valence-electron chi connectivity index (χ4n) is 2.37. The third-order valence-electron chi connectivity index (χ3n) is 3.34. The average molecular weight is 436 g/mol. The van der Waals surface area contributed by atoms with Crippen molar-refractivity contribution in [3.63, 3.8) is 0 Å². The van der Waals surface area contributed by atoms with E-state index in [-0.39, 0.29) is 5.56 Å². The molecule has 3 aromatic rings. The van der Waals surface area contributed by atoms with Crippen LogP contribution in [0.15, 0.2) is 53.3 Å². The van der Waals surface area contributed by atoms with Gasteiger partial charge in [-0.15, -0.1) is 0 Å². The monoisotopic (exact) mass is 435 g/mol. The quantitative estimate of drug-likeness (QED) is 0.635. The molecule has 0 unspecified atom stereocenters. The molecule has 0 radical (unpaired) electrons. The molecule has 26 heavy (non-hydrogen) atoms. The number of rotatable bonds is 5. The number of benzene rings is 1. The Balaban J connectivity index is 2.14. The molecule has 0 saturated heterocycles. The molecule has 0 atom stereocenters. The van der Waals surface area contributed by atoms with Crippen molar-refractivity contribution in [1.82, 2.24) is 14.8 Å². The molecule has 0 bridgehead atoms. The predicted octanol–water partition coefficient (Wildman–Crippen LogP) is 2.17. The van der Waals surface area contributed by atoms with Crippen molar-refractivity contribution in [2.45, 2.75) is 0 Å². The van der Waals surface area contributed by atoms with E-state index < -0.39 is 15.9 Å². The van der Waals surface area contributed by atoms with Crippen LogP contribution in [-0.4, -0.2) is 35.3 Å². The van der Waals surface area contributed by atoms with Gasteiger partial charge in [-0.3, -0.25) is 9.52 Å². The first-order valence-corrected chi connectivity index (χ1v) is 10.0. The second-order valence-corrected chi connectivity index (χ2v) is 8.16. The minimum Gasteiger partial charge on any atom is -0.365 e.